The number of aliphatic hydroxyl groups is 1. The van der Waals surface area contributed by atoms with Crippen molar-refractivity contribution in [3.8, 4) is 5.75 Å². The van der Waals surface area contributed by atoms with Crippen molar-refractivity contribution in [3.63, 3.8) is 0 Å². The van der Waals surface area contributed by atoms with Crippen LogP contribution in [0.2, 0.25) is 0 Å². The molecule has 0 aromatic heterocycles. The molecule has 1 saturated heterocycles. The largest absolute Gasteiger partial charge is 0.465 e. The number of esters is 1. The molecule has 1 aliphatic rings. The minimum Gasteiger partial charge on any atom is -0.465 e. The van der Waals surface area contributed by atoms with E-state index in [2.05, 4.69) is 5.32 Å². The van der Waals surface area contributed by atoms with Crippen LogP contribution in [-0.4, -0.2) is 42.1 Å². The lowest BCUT2D eigenvalue weighted by Crippen LogP contribution is -2.44. The van der Waals surface area contributed by atoms with Gasteiger partial charge in [0.05, 0.1) is 12.0 Å². The smallest absolute Gasteiger partial charge is 0.308 e. The molecule has 0 spiro atoms. The molecule has 0 aliphatic carbocycles. The van der Waals surface area contributed by atoms with Crippen molar-refractivity contribution in [2.75, 3.05) is 11.9 Å². The minimum atomic E-state index is -0.693. The maximum atomic E-state index is 11.6. The van der Waals surface area contributed by atoms with Crippen LogP contribution in [0.4, 0.5) is 5.69 Å². The Balaban J connectivity index is 1.87. The first-order valence-corrected chi connectivity index (χ1v) is 8.39. The third-order valence-corrected chi connectivity index (χ3v) is 3.76. The summed E-state index contributed by atoms with van der Waals surface area (Å²) in [4.78, 5) is 22.6. The van der Waals surface area contributed by atoms with Gasteiger partial charge < -0.3 is 24.6 Å². The average Bonchev–Trinajstić information content (AvgIpc) is 2.56. The first-order valence-electron chi connectivity index (χ1n) is 8.39. The average molecular weight is 351 g/mol. The summed E-state index contributed by atoms with van der Waals surface area (Å²) in [6.45, 7) is 4.94. The lowest BCUT2D eigenvalue weighted by atomic mass is 10.1. The van der Waals surface area contributed by atoms with Crippen molar-refractivity contribution in [1.29, 1.82) is 0 Å². The molecule has 0 saturated carbocycles. The van der Waals surface area contributed by atoms with Gasteiger partial charge in [0.2, 0.25) is 5.91 Å². The number of anilines is 1. The Morgan fingerprint density at radius 2 is 1.96 bits per heavy atom. The Morgan fingerprint density at radius 3 is 2.56 bits per heavy atom. The normalized spacial score (nSPS) is 23.2. The van der Waals surface area contributed by atoms with Gasteiger partial charge in [0, 0.05) is 19.0 Å². The van der Waals surface area contributed by atoms with E-state index < -0.39 is 18.5 Å². The van der Waals surface area contributed by atoms with E-state index in [4.69, 9.17) is 14.2 Å². The van der Waals surface area contributed by atoms with Gasteiger partial charge >= 0.3 is 5.97 Å². The number of carbonyl (C=O) groups is 2. The maximum Gasteiger partial charge on any atom is 0.308 e. The highest BCUT2D eigenvalue weighted by Crippen LogP contribution is 2.24. The van der Waals surface area contributed by atoms with Crippen molar-refractivity contribution < 1.29 is 28.9 Å². The first-order chi connectivity index (χ1) is 11.8. The monoisotopic (exact) mass is 351 g/mol. The van der Waals surface area contributed by atoms with Gasteiger partial charge in [-0.2, -0.15) is 0 Å². The van der Waals surface area contributed by atoms with Crippen molar-refractivity contribution in [3.05, 3.63) is 24.3 Å². The summed E-state index contributed by atoms with van der Waals surface area (Å²) in [7, 11) is 0. The molecule has 0 radical (unpaired) electrons. The summed E-state index contributed by atoms with van der Waals surface area (Å²) in [6.07, 6.45) is -0.804. The van der Waals surface area contributed by atoms with Gasteiger partial charge in [-0.15, -0.1) is 0 Å². The predicted octanol–water partition coefficient (Wildman–Crippen LogP) is 2.09. The molecule has 2 N–H and O–H groups in total. The molecule has 1 heterocycles. The van der Waals surface area contributed by atoms with E-state index in [1.54, 1.807) is 38.1 Å². The summed E-state index contributed by atoms with van der Waals surface area (Å²) >= 11 is 0. The third-order valence-electron chi connectivity index (χ3n) is 3.76. The molecule has 1 aromatic rings. The number of benzene rings is 1. The van der Waals surface area contributed by atoms with Crippen molar-refractivity contribution in [2.24, 2.45) is 5.92 Å². The van der Waals surface area contributed by atoms with Crippen LogP contribution < -0.4 is 10.1 Å². The molecule has 1 aromatic carbocycles. The number of nitrogens with one attached hydrogen (secondary N) is 1. The standard InChI is InChI=1S/C18H25NO6/c1-11(2)18(22)23-10-16-15(21)8-9-17(25-16)24-14-6-4-13(5-7-14)19-12(3)20/h4-7,11,15-17,21H,8-10H2,1-3H3,(H,19,20)/t15-,16+,17-/m0/s1. The molecule has 2 rings (SSSR count). The van der Waals surface area contributed by atoms with Gasteiger partial charge in [-0.05, 0) is 30.7 Å². The number of hydrogen-bond acceptors (Lipinski definition) is 6. The number of amides is 1. The highest BCUT2D eigenvalue weighted by atomic mass is 16.7. The van der Waals surface area contributed by atoms with Gasteiger partial charge in [-0.3, -0.25) is 9.59 Å². The molecule has 25 heavy (non-hydrogen) atoms. The van der Waals surface area contributed by atoms with Crippen LogP contribution in [0, 0.1) is 5.92 Å². The van der Waals surface area contributed by atoms with Gasteiger partial charge in [0.1, 0.15) is 18.5 Å². The fraction of sp³-hybridized carbons (Fsp3) is 0.556. The van der Waals surface area contributed by atoms with E-state index in [-0.39, 0.29) is 24.4 Å². The summed E-state index contributed by atoms with van der Waals surface area (Å²) in [5, 5.41) is 12.7. The van der Waals surface area contributed by atoms with Crippen molar-refractivity contribution >= 4 is 17.6 Å². The van der Waals surface area contributed by atoms with Crippen LogP contribution >= 0.6 is 0 Å². The molecule has 1 fully saturated rings. The molecule has 7 heteroatoms. The second-order valence-electron chi connectivity index (χ2n) is 6.36. The Labute approximate surface area is 147 Å². The van der Waals surface area contributed by atoms with Crippen LogP contribution in [0.15, 0.2) is 24.3 Å². The quantitative estimate of drug-likeness (QED) is 0.762. The highest BCUT2D eigenvalue weighted by Gasteiger charge is 2.32. The first kappa shape index (κ1) is 19.2. The van der Waals surface area contributed by atoms with Crippen LogP contribution in [-0.2, 0) is 19.1 Å². The van der Waals surface area contributed by atoms with Gasteiger partial charge in [-0.25, -0.2) is 0 Å². The number of carbonyl (C=O) groups excluding carboxylic acids is 2. The van der Waals surface area contributed by atoms with E-state index >= 15 is 0 Å². The Bertz CT molecular complexity index is 586. The molecular weight excluding hydrogens is 326 g/mol. The fourth-order valence-corrected chi connectivity index (χ4v) is 2.39. The number of rotatable bonds is 6. The van der Waals surface area contributed by atoms with E-state index in [0.29, 0.717) is 24.3 Å². The zero-order chi connectivity index (χ0) is 18.4. The molecular formula is C18H25NO6. The van der Waals surface area contributed by atoms with Gasteiger partial charge in [0.25, 0.3) is 0 Å². The van der Waals surface area contributed by atoms with Crippen molar-refractivity contribution in [1.82, 2.24) is 0 Å². The number of ether oxygens (including phenoxy) is 3. The minimum absolute atomic E-state index is 0.000487. The molecule has 1 aliphatic heterocycles. The van der Waals surface area contributed by atoms with Crippen LogP contribution in [0.3, 0.4) is 0 Å². The molecule has 138 valence electrons. The summed E-state index contributed by atoms with van der Waals surface area (Å²) in [5.74, 6) is -0.104. The van der Waals surface area contributed by atoms with Crippen LogP contribution in [0.1, 0.15) is 33.6 Å². The second kappa shape index (κ2) is 8.82. The fourth-order valence-electron chi connectivity index (χ4n) is 2.39. The molecule has 0 bridgehead atoms. The SMILES string of the molecule is CC(=O)Nc1ccc(O[C@@H]2CC[C@H](O)[C@@H](COC(=O)C(C)C)O2)cc1. The van der Waals surface area contributed by atoms with Crippen molar-refractivity contribution in [2.45, 2.75) is 52.1 Å². The number of aliphatic hydroxyl groups excluding tert-OH is 1. The molecule has 1 amide bonds. The Hall–Kier alpha value is -2.12. The predicted molar refractivity (Wildman–Crippen MR) is 91.1 cm³/mol. The zero-order valence-electron chi connectivity index (χ0n) is 14.7. The Kier molecular flexibility index (Phi) is 6.78. The van der Waals surface area contributed by atoms with Gasteiger partial charge in [-0.1, -0.05) is 13.8 Å². The molecule has 0 unspecified atom stereocenters. The zero-order valence-corrected chi connectivity index (χ0v) is 14.7. The van der Waals surface area contributed by atoms with Gasteiger partial charge in [0.15, 0.2) is 6.29 Å². The second-order valence-corrected chi connectivity index (χ2v) is 6.36. The highest BCUT2D eigenvalue weighted by molar-refractivity contribution is 5.88. The van der Waals surface area contributed by atoms with Crippen LogP contribution in [0.5, 0.6) is 5.75 Å². The van der Waals surface area contributed by atoms with E-state index in [0.717, 1.165) is 0 Å². The summed E-state index contributed by atoms with van der Waals surface area (Å²) < 4.78 is 16.6. The van der Waals surface area contributed by atoms with E-state index in [1.165, 1.54) is 6.92 Å². The van der Waals surface area contributed by atoms with E-state index in [9.17, 15) is 14.7 Å². The maximum absolute atomic E-state index is 11.6. The lowest BCUT2D eigenvalue weighted by Gasteiger charge is -2.33. The number of hydrogen-bond donors (Lipinski definition) is 2. The third kappa shape index (κ3) is 6.03. The summed E-state index contributed by atoms with van der Waals surface area (Å²) in [5.41, 5.74) is 0.679. The molecule has 3 atom stereocenters. The lowest BCUT2D eigenvalue weighted by molar-refractivity contribution is -0.204. The van der Waals surface area contributed by atoms with Crippen LogP contribution in [0.25, 0.3) is 0 Å². The summed E-state index contributed by atoms with van der Waals surface area (Å²) in [6, 6.07) is 6.92. The Morgan fingerprint density at radius 1 is 1.28 bits per heavy atom. The van der Waals surface area contributed by atoms with E-state index in [1.807, 2.05) is 0 Å². The topological polar surface area (TPSA) is 94.1 Å². The molecule has 7 nitrogen and oxygen atoms in total.